The molecule has 0 unspecified atom stereocenters. The molecule has 2 aromatic carbocycles. The van der Waals surface area contributed by atoms with Gasteiger partial charge in [-0.25, -0.2) is 26.0 Å². The van der Waals surface area contributed by atoms with E-state index in [1.807, 2.05) is 30.4 Å². The Morgan fingerprint density at radius 2 is 1.42 bits per heavy atom. The predicted molar refractivity (Wildman–Crippen MR) is 170 cm³/mol. The van der Waals surface area contributed by atoms with Gasteiger partial charge in [-0.05, 0) is 82.9 Å². The summed E-state index contributed by atoms with van der Waals surface area (Å²) in [6, 6.07) is 10.8. The minimum Gasteiger partial charge on any atom is -0.340 e. The van der Waals surface area contributed by atoms with Crippen LogP contribution in [0.25, 0.3) is 17.1 Å². The molecule has 2 fully saturated rings. The number of sulfonamides is 2. The summed E-state index contributed by atoms with van der Waals surface area (Å²) in [5, 5.41) is 3.43. The number of imidazole rings is 1. The Kier molecular flexibility index (Phi) is 8.14. The Balaban J connectivity index is 1.31. The second-order valence-electron chi connectivity index (χ2n) is 11.2. The molecule has 4 heterocycles. The minimum absolute atomic E-state index is 0.316. The summed E-state index contributed by atoms with van der Waals surface area (Å²) >= 11 is 0. The number of rotatable bonds is 9. The third-order valence-corrected chi connectivity index (χ3v) is 12.5. The van der Waals surface area contributed by atoms with Crippen molar-refractivity contribution in [1.29, 1.82) is 0 Å². The van der Waals surface area contributed by atoms with Crippen LogP contribution in [0.4, 0.5) is 11.4 Å². The maximum absolute atomic E-state index is 13.3. The smallest absolute Gasteiger partial charge is 0.282 e. The van der Waals surface area contributed by atoms with Crippen molar-refractivity contribution in [1.82, 2.24) is 13.2 Å². The first-order valence-electron chi connectivity index (χ1n) is 15.3. The summed E-state index contributed by atoms with van der Waals surface area (Å²) in [4.78, 5) is 2.79. The molecule has 230 valence electrons. The van der Waals surface area contributed by atoms with Gasteiger partial charge < -0.3 is 10.2 Å². The van der Waals surface area contributed by atoms with Gasteiger partial charge in [0.1, 0.15) is 5.82 Å². The lowest BCUT2D eigenvalue weighted by Crippen LogP contribution is -2.35. The van der Waals surface area contributed by atoms with Crippen LogP contribution in [0.5, 0.6) is 0 Å². The highest BCUT2D eigenvalue weighted by Crippen LogP contribution is 2.38. The molecule has 43 heavy (non-hydrogen) atoms. The van der Waals surface area contributed by atoms with E-state index in [1.165, 1.54) is 0 Å². The van der Waals surface area contributed by atoms with E-state index in [-0.39, 0.29) is 0 Å². The molecule has 3 aliphatic heterocycles. The van der Waals surface area contributed by atoms with Crippen LogP contribution in [0.1, 0.15) is 52.3 Å². The molecule has 0 atom stereocenters. The summed E-state index contributed by atoms with van der Waals surface area (Å²) in [5.74, 6) is 1.84. The minimum atomic E-state index is -3.52. The number of hydrogen-bond acceptors (Lipinski definition) is 6. The van der Waals surface area contributed by atoms with Crippen molar-refractivity contribution in [2.75, 3.05) is 42.9 Å². The van der Waals surface area contributed by atoms with E-state index in [9.17, 15) is 16.8 Å². The Labute approximate surface area is 255 Å². The summed E-state index contributed by atoms with van der Waals surface area (Å²) in [7, 11) is -7.02. The van der Waals surface area contributed by atoms with Crippen molar-refractivity contribution in [3.63, 3.8) is 0 Å². The van der Waals surface area contributed by atoms with Crippen molar-refractivity contribution in [2.24, 2.45) is 0 Å². The number of allylic oxidation sites excluding steroid dienone is 2. The van der Waals surface area contributed by atoms with E-state index in [2.05, 4.69) is 46.2 Å². The highest BCUT2D eigenvalue weighted by molar-refractivity contribution is 7.89. The van der Waals surface area contributed by atoms with Crippen molar-refractivity contribution in [3.8, 4) is 0 Å². The lowest BCUT2D eigenvalue weighted by atomic mass is 10.2. The zero-order valence-electron chi connectivity index (χ0n) is 25.2. The average molecular weight is 626 g/mol. The van der Waals surface area contributed by atoms with Crippen molar-refractivity contribution >= 4 is 48.5 Å². The molecule has 0 amide bonds. The maximum atomic E-state index is 13.3. The van der Waals surface area contributed by atoms with Crippen LogP contribution in [-0.2, 0) is 33.1 Å². The standard InChI is InChI=1S/C31H40N6O4S2/c1-4-35-27-16-14-24(42(38,39)33-18-7-8-19-33)22-26(27)32-30(35)12-11-13-31-36(5-2)28-17-15-25(23-29(28)37(31)6-3)43(40,41)34-20-9-10-21-34/h11-17,22-23H,4-10,18-21H2,1-3H3/p+1. The third kappa shape index (κ3) is 5.17. The number of anilines is 2. The highest BCUT2D eigenvalue weighted by Gasteiger charge is 2.31. The van der Waals surface area contributed by atoms with Crippen molar-refractivity contribution in [2.45, 2.75) is 69.3 Å². The van der Waals surface area contributed by atoms with Gasteiger partial charge in [0.2, 0.25) is 20.0 Å². The molecule has 1 N–H and O–H groups in total. The van der Waals surface area contributed by atoms with Crippen LogP contribution in [0.3, 0.4) is 0 Å². The first kappa shape index (κ1) is 29.9. The molecule has 0 spiro atoms. The Morgan fingerprint density at radius 1 is 0.814 bits per heavy atom. The van der Waals surface area contributed by atoms with Crippen LogP contribution >= 0.6 is 0 Å². The molecule has 0 saturated carbocycles. The predicted octanol–water partition coefficient (Wildman–Crippen LogP) is 4.34. The fraction of sp³-hybridized carbons (Fsp3) is 0.452. The topological polar surface area (TPSA) is 98.8 Å². The van der Waals surface area contributed by atoms with Gasteiger partial charge in [0.15, 0.2) is 11.0 Å². The van der Waals surface area contributed by atoms with Crippen molar-refractivity contribution in [3.05, 3.63) is 60.2 Å². The molecule has 2 saturated heterocycles. The Bertz CT molecular complexity index is 1820. The monoisotopic (exact) mass is 625 g/mol. The number of hydrogen-bond donors (Lipinski definition) is 1. The van der Waals surface area contributed by atoms with E-state index >= 15 is 0 Å². The van der Waals surface area contributed by atoms with E-state index in [0.29, 0.717) is 42.5 Å². The van der Waals surface area contributed by atoms with Gasteiger partial charge in [-0.3, -0.25) is 0 Å². The Hall–Kier alpha value is -3.19. The van der Waals surface area contributed by atoms with E-state index in [4.69, 9.17) is 0 Å². The zero-order chi connectivity index (χ0) is 30.4. The number of nitrogens with one attached hydrogen (secondary N) is 1. The van der Waals surface area contributed by atoms with E-state index < -0.39 is 20.0 Å². The SMILES string of the molecule is CCN1/C(=C\C=C\c2n(CC)c3cc(S(=O)(=O)N4CCCC4)ccc3[n+]2CC)Nc2cc(S(=O)(=O)N3CCCC3)ccc21. The van der Waals surface area contributed by atoms with Gasteiger partial charge in [0, 0.05) is 44.9 Å². The van der Waals surface area contributed by atoms with Gasteiger partial charge in [0.25, 0.3) is 5.82 Å². The number of aryl methyl sites for hydroxylation is 2. The second-order valence-corrected chi connectivity index (χ2v) is 15.1. The number of fused-ring (bicyclic) bond motifs is 2. The summed E-state index contributed by atoms with van der Waals surface area (Å²) in [6.45, 7) is 10.7. The number of nitrogens with zero attached hydrogens (tertiary/aromatic N) is 5. The number of benzene rings is 2. The largest absolute Gasteiger partial charge is 0.340 e. The Morgan fingerprint density at radius 3 is 2.00 bits per heavy atom. The highest BCUT2D eigenvalue weighted by atomic mass is 32.2. The number of aromatic nitrogens is 2. The maximum Gasteiger partial charge on any atom is 0.282 e. The quantitative estimate of drug-likeness (QED) is 0.355. The van der Waals surface area contributed by atoms with Gasteiger partial charge >= 0.3 is 0 Å². The van der Waals surface area contributed by atoms with Crippen LogP contribution in [-0.4, -0.2) is 62.7 Å². The molecular weight excluding hydrogens is 585 g/mol. The molecule has 3 aromatic rings. The normalized spacial score (nSPS) is 19.3. The zero-order valence-corrected chi connectivity index (χ0v) is 26.8. The van der Waals surface area contributed by atoms with Gasteiger partial charge in [-0.15, -0.1) is 0 Å². The molecule has 0 radical (unpaired) electrons. The average Bonchev–Trinajstić information content (AvgIpc) is 3.82. The summed E-state index contributed by atoms with van der Waals surface area (Å²) in [6.07, 6.45) is 9.66. The molecule has 10 nitrogen and oxygen atoms in total. The molecular formula is C31H41N6O4S2+. The molecule has 0 bridgehead atoms. The van der Waals surface area contributed by atoms with Crippen LogP contribution < -0.4 is 14.8 Å². The third-order valence-electron chi connectivity index (χ3n) is 8.75. The van der Waals surface area contributed by atoms with E-state index in [0.717, 1.165) is 72.8 Å². The lowest BCUT2D eigenvalue weighted by molar-refractivity contribution is -0.670. The van der Waals surface area contributed by atoms with E-state index in [1.54, 1.807) is 26.8 Å². The second kappa shape index (κ2) is 11.7. The summed E-state index contributed by atoms with van der Waals surface area (Å²) in [5.41, 5.74) is 3.61. The fourth-order valence-electron chi connectivity index (χ4n) is 6.54. The van der Waals surface area contributed by atoms with Crippen molar-refractivity contribution < 1.29 is 21.4 Å². The summed E-state index contributed by atoms with van der Waals surface area (Å²) < 4.78 is 60.4. The van der Waals surface area contributed by atoms with Crippen LogP contribution in [0, 0.1) is 0 Å². The molecule has 6 rings (SSSR count). The van der Waals surface area contributed by atoms with Crippen LogP contribution in [0.2, 0.25) is 0 Å². The molecule has 1 aromatic heterocycles. The first-order valence-corrected chi connectivity index (χ1v) is 18.2. The van der Waals surface area contributed by atoms with Crippen LogP contribution in [0.15, 0.2) is 64.2 Å². The molecule has 12 heteroatoms. The van der Waals surface area contributed by atoms with Gasteiger partial charge in [-0.1, -0.05) is 6.08 Å². The molecule has 0 aliphatic carbocycles. The van der Waals surface area contributed by atoms with Gasteiger partial charge in [-0.2, -0.15) is 8.61 Å². The van der Waals surface area contributed by atoms with Gasteiger partial charge in [0.05, 0.1) is 34.3 Å². The molecule has 3 aliphatic rings. The first-order chi connectivity index (χ1) is 20.7. The fourth-order valence-corrected chi connectivity index (χ4v) is 9.63. The lowest BCUT2D eigenvalue weighted by Gasteiger charge is -2.18.